The first kappa shape index (κ1) is 21.8. The normalized spacial score (nSPS) is 17.2. The van der Waals surface area contributed by atoms with Gasteiger partial charge in [0.15, 0.2) is 5.78 Å². The van der Waals surface area contributed by atoms with Gasteiger partial charge in [-0.15, -0.1) is 0 Å². The summed E-state index contributed by atoms with van der Waals surface area (Å²) >= 11 is 0. The Hall–Kier alpha value is -1.93. The first-order valence-corrected chi connectivity index (χ1v) is 13.6. The smallest absolute Gasteiger partial charge is 0.189 e. The van der Waals surface area contributed by atoms with Crippen molar-refractivity contribution in [1.29, 1.82) is 0 Å². The van der Waals surface area contributed by atoms with Crippen molar-refractivity contribution in [2.75, 3.05) is 0 Å². The minimum Gasteiger partial charge on any atom is -0.289 e. The largest absolute Gasteiger partial charge is 0.289 e. The zero-order chi connectivity index (χ0) is 21.2. The molecule has 0 heterocycles. The maximum absolute atomic E-state index is 13.6. The van der Waals surface area contributed by atoms with Crippen LogP contribution in [0.2, 0.25) is 22.7 Å². The summed E-state index contributed by atoms with van der Waals surface area (Å²) in [5, 5.41) is 0. The summed E-state index contributed by atoms with van der Waals surface area (Å²) in [6, 6.07) is 21.6. The lowest BCUT2D eigenvalue weighted by atomic mass is 9.72. The van der Waals surface area contributed by atoms with Gasteiger partial charge in [0.1, 0.15) is 0 Å². The van der Waals surface area contributed by atoms with Crippen molar-refractivity contribution in [2.45, 2.75) is 70.6 Å². The van der Waals surface area contributed by atoms with Crippen LogP contribution in [-0.4, -0.2) is 13.9 Å². The molecule has 1 aliphatic rings. The number of allylic oxidation sites excluding steroid dienone is 2. The van der Waals surface area contributed by atoms with Gasteiger partial charge in [0.2, 0.25) is 0 Å². The molecule has 0 N–H and O–H groups in total. The molecule has 1 atom stereocenters. The number of carbonyl (C=O) groups is 1. The van der Waals surface area contributed by atoms with Crippen LogP contribution in [0.1, 0.15) is 63.9 Å². The summed E-state index contributed by atoms with van der Waals surface area (Å²) in [5.74, 6) is 0.636. The lowest BCUT2D eigenvalue weighted by Crippen LogP contribution is -2.47. The highest BCUT2D eigenvalue weighted by Crippen LogP contribution is 2.53. The number of hydrogen-bond donors (Lipinski definition) is 0. The summed E-state index contributed by atoms with van der Waals surface area (Å²) in [6.07, 6.45) is 1.04. The van der Waals surface area contributed by atoms with E-state index in [1.54, 1.807) is 0 Å². The van der Waals surface area contributed by atoms with Crippen LogP contribution in [0.4, 0.5) is 0 Å². The van der Waals surface area contributed by atoms with Crippen molar-refractivity contribution in [3.8, 4) is 0 Å². The number of Topliss-reactive ketones (excluding diaryl/α,β-unsaturated/α-hetero) is 1. The summed E-state index contributed by atoms with van der Waals surface area (Å²) in [6.45, 7) is 14.5. The van der Waals surface area contributed by atoms with E-state index in [-0.39, 0.29) is 5.78 Å². The molecule has 1 nitrogen and oxygen atoms in total. The summed E-state index contributed by atoms with van der Waals surface area (Å²) in [7, 11) is -1.57. The number of hydrogen-bond acceptors (Lipinski definition) is 1. The monoisotopic (exact) mass is 404 g/mol. The van der Waals surface area contributed by atoms with Gasteiger partial charge in [-0.2, -0.15) is 0 Å². The Labute approximate surface area is 178 Å². The Morgan fingerprint density at radius 1 is 0.828 bits per heavy atom. The zero-order valence-electron chi connectivity index (χ0n) is 18.9. The Balaban J connectivity index is 2.03. The Kier molecular flexibility index (Phi) is 6.63. The van der Waals surface area contributed by atoms with Crippen molar-refractivity contribution in [3.63, 3.8) is 0 Å². The minimum atomic E-state index is -1.57. The molecule has 0 radical (unpaired) electrons. The molecule has 154 valence electrons. The van der Waals surface area contributed by atoms with Gasteiger partial charge in [0.25, 0.3) is 0 Å². The van der Waals surface area contributed by atoms with Gasteiger partial charge in [-0.25, -0.2) is 0 Å². The Morgan fingerprint density at radius 2 is 1.31 bits per heavy atom. The van der Waals surface area contributed by atoms with Crippen LogP contribution >= 0.6 is 0 Å². The summed E-state index contributed by atoms with van der Waals surface area (Å²) in [4.78, 5) is 13.6. The van der Waals surface area contributed by atoms with Crippen LogP contribution in [0.5, 0.6) is 0 Å². The van der Waals surface area contributed by atoms with Crippen LogP contribution in [0.3, 0.4) is 0 Å². The zero-order valence-corrected chi connectivity index (χ0v) is 19.9. The molecule has 29 heavy (non-hydrogen) atoms. The van der Waals surface area contributed by atoms with Gasteiger partial charge in [0, 0.05) is 11.1 Å². The lowest BCUT2D eigenvalue weighted by molar-refractivity contribution is 0.101. The van der Waals surface area contributed by atoms with E-state index in [0.29, 0.717) is 5.92 Å². The summed E-state index contributed by atoms with van der Waals surface area (Å²) < 4.78 is 0. The minimum absolute atomic E-state index is 0.236. The quantitative estimate of drug-likeness (QED) is 0.321. The van der Waals surface area contributed by atoms with Crippen LogP contribution in [0, 0.1) is 5.92 Å². The van der Waals surface area contributed by atoms with Crippen molar-refractivity contribution in [2.24, 2.45) is 5.92 Å². The molecule has 2 aromatic rings. The van der Waals surface area contributed by atoms with Crippen LogP contribution in [0.25, 0.3) is 5.57 Å². The van der Waals surface area contributed by atoms with Crippen molar-refractivity contribution in [1.82, 2.24) is 0 Å². The number of benzene rings is 2. The van der Waals surface area contributed by atoms with Gasteiger partial charge in [-0.3, -0.25) is 4.79 Å². The van der Waals surface area contributed by atoms with Gasteiger partial charge in [0.05, 0.1) is 8.07 Å². The number of rotatable bonds is 8. The predicted octanol–water partition coefficient (Wildman–Crippen LogP) is 8.02. The van der Waals surface area contributed by atoms with E-state index in [1.165, 1.54) is 17.2 Å². The number of ketones is 1. The van der Waals surface area contributed by atoms with Gasteiger partial charge in [-0.1, -0.05) is 119 Å². The highest BCUT2D eigenvalue weighted by atomic mass is 28.3. The molecule has 0 spiro atoms. The molecule has 0 saturated heterocycles. The highest BCUT2D eigenvalue weighted by Gasteiger charge is 2.47. The standard InChI is InChI=1S/C27H36OSi/c1-19(2)29(20(3)4,21(5)6)18-24-17-25(22-13-9-7-10-14-22)26(24)27(28)23-15-11-8-12-16-23/h7-16,19-21,24H,17-18H2,1-6H3. The molecule has 0 bridgehead atoms. The third kappa shape index (κ3) is 4.05. The highest BCUT2D eigenvalue weighted by molar-refractivity contribution is 6.83. The van der Waals surface area contributed by atoms with E-state index in [0.717, 1.165) is 34.2 Å². The second-order valence-electron chi connectivity index (χ2n) is 9.64. The van der Waals surface area contributed by atoms with Crippen LogP contribution in [-0.2, 0) is 0 Å². The fourth-order valence-corrected chi connectivity index (χ4v) is 12.5. The summed E-state index contributed by atoms with van der Waals surface area (Å²) in [5.41, 5.74) is 6.55. The number of carbonyl (C=O) groups excluding carboxylic acids is 1. The topological polar surface area (TPSA) is 17.1 Å². The van der Waals surface area contributed by atoms with E-state index in [2.05, 4.69) is 65.8 Å². The maximum atomic E-state index is 13.6. The third-order valence-electron chi connectivity index (χ3n) is 7.41. The molecule has 0 aliphatic heterocycles. The fourth-order valence-electron chi connectivity index (χ4n) is 5.86. The molecule has 0 aromatic heterocycles. The van der Waals surface area contributed by atoms with Crippen LogP contribution < -0.4 is 0 Å². The molecule has 2 heteroatoms. The second kappa shape index (κ2) is 8.83. The van der Waals surface area contributed by atoms with Crippen molar-refractivity contribution >= 4 is 19.4 Å². The van der Waals surface area contributed by atoms with E-state index in [9.17, 15) is 4.79 Å². The first-order chi connectivity index (χ1) is 13.8. The average molecular weight is 405 g/mol. The third-order valence-corrected chi connectivity index (χ3v) is 15.1. The molecule has 2 aromatic carbocycles. The molecule has 3 rings (SSSR count). The fraction of sp³-hybridized carbons (Fsp3) is 0.444. The molecular formula is C27H36OSi. The Morgan fingerprint density at radius 3 is 1.79 bits per heavy atom. The van der Waals surface area contributed by atoms with E-state index >= 15 is 0 Å². The lowest BCUT2D eigenvalue weighted by Gasteiger charge is -2.48. The molecule has 0 amide bonds. The second-order valence-corrected chi connectivity index (χ2v) is 15.7. The van der Waals surface area contributed by atoms with Crippen molar-refractivity contribution < 1.29 is 4.79 Å². The van der Waals surface area contributed by atoms with Crippen LogP contribution in [0.15, 0.2) is 66.2 Å². The van der Waals surface area contributed by atoms with Gasteiger partial charge >= 0.3 is 0 Å². The maximum Gasteiger partial charge on any atom is 0.189 e. The van der Waals surface area contributed by atoms with E-state index < -0.39 is 8.07 Å². The van der Waals surface area contributed by atoms with Gasteiger partial charge < -0.3 is 0 Å². The first-order valence-electron chi connectivity index (χ1n) is 11.2. The average Bonchev–Trinajstić information content (AvgIpc) is 2.68. The molecule has 1 unspecified atom stereocenters. The molecule has 0 saturated carbocycles. The predicted molar refractivity (Wildman–Crippen MR) is 128 cm³/mol. The molecule has 1 aliphatic carbocycles. The van der Waals surface area contributed by atoms with Gasteiger partial charge in [-0.05, 0) is 29.5 Å². The molecule has 0 fully saturated rings. The van der Waals surface area contributed by atoms with E-state index in [4.69, 9.17) is 0 Å². The van der Waals surface area contributed by atoms with Crippen molar-refractivity contribution in [3.05, 3.63) is 77.4 Å². The SMILES string of the molecule is CC(C)[Si](CC1CC(c2ccccc2)=C1C(=O)c1ccccc1)(C(C)C)C(C)C. The Bertz CT molecular complexity index is 840. The van der Waals surface area contributed by atoms with E-state index in [1.807, 2.05) is 36.4 Å². The molecular weight excluding hydrogens is 368 g/mol.